The number of benzene rings is 1. The van der Waals surface area contributed by atoms with E-state index in [1.54, 1.807) is 32.0 Å². The highest BCUT2D eigenvalue weighted by molar-refractivity contribution is 5.95. The number of hydrogen-bond donors (Lipinski definition) is 2. The molecule has 0 unspecified atom stereocenters. The van der Waals surface area contributed by atoms with E-state index < -0.39 is 31.0 Å². The Morgan fingerprint density at radius 2 is 2.04 bits per heavy atom. The van der Waals surface area contributed by atoms with Gasteiger partial charge in [-0.25, -0.2) is 14.3 Å². The first kappa shape index (κ1) is 17.6. The molecule has 0 aliphatic carbocycles. The fraction of sp³-hybridized carbons (Fsp3) is 0.357. The van der Waals surface area contributed by atoms with E-state index in [9.17, 15) is 18.0 Å². The molecule has 1 aromatic heterocycles. The van der Waals surface area contributed by atoms with Crippen LogP contribution < -0.4 is 5.32 Å². The molecular formula is C14H15F3N4O3. The molecule has 0 spiro atoms. The third-order valence-corrected chi connectivity index (χ3v) is 2.69. The number of nitrogens with zero attached hydrogens (tertiary/aromatic N) is 2. The smallest absolute Gasteiger partial charge is 0.422 e. The van der Waals surface area contributed by atoms with E-state index >= 15 is 0 Å². The highest BCUT2D eigenvalue weighted by Gasteiger charge is 2.30. The highest BCUT2D eigenvalue weighted by atomic mass is 19.4. The molecule has 10 heteroatoms. The van der Waals surface area contributed by atoms with Gasteiger partial charge in [0.15, 0.2) is 6.61 Å². The predicted molar refractivity (Wildman–Crippen MR) is 80.1 cm³/mol. The SMILES string of the molecule is CC(C)OC(=O)Nc1nc2ccccc2n1C(=N)OCC(F)(F)F. The number of hydrogen-bond acceptors (Lipinski definition) is 5. The van der Waals surface area contributed by atoms with E-state index in [2.05, 4.69) is 15.0 Å². The summed E-state index contributed by atoms with van der Waals surface area (Å²) in [5.41, 5.74) is 0.683. The van der Waals surface area contributed by atoms with E-state index in [1.807, 2.05) is 0 Å². The van der Waals surface area contributed by atoms with E-state index in [1.165, 1.54) is 6.07 Å². The number of alkyl halides is 3. The molecule has 0 saturated carbocycles. The Morgan fingerprint density at radius 1 is 1.38 bits per heavy atom. The summed E-state index contributed by atoms with van der Waals surface area (Å²) < 4.78 is 47.2. The van der Waals surface area contributed by atoms with Crippen molar-refractivity contribution < 1.29 is 27.4 Å². The first-order valence-electron chi connectivity index (χ1n) is 6.91. The minimum atomic E-state index is -4.59. The highest BCUT2D eigenvalue weighted by Crippen LogP contribution is 2.21. The van der Waals surface area contributed by atoms with Crippen molar-refractivity contribution in [3.8, 4) is 0 Å². The van der Waals surface area contributed by atoms with E-state index in [0.717, 1.165) is 4.57 Å². The van der Waals surface area contributed by atoms with Gasteiger partial charge in [0.05, 0.1) is 17.1 Å². The van der Waals surface area contributed by atoms with Crippen molar-refractivity contribution in [3.63, 3.8) is 0 Å². The van der Waals surface area contributed by atoms with Crippen molar-refractivity contribution in [1.82, 2.24) is 9.55 Å². The van der Waals surface area contributed by atoms with Gasteiger partial charge in [0.2, 0.25) is 5.95 Å². The molecule has 0 saturated heterocycles. The van der Waals surface area contributed by atoms with Crippen LogP contribution in [0.25, 0.3) is 11.0 Å². The molecule has 0 atom stereocenters. The zero-order valence-electron chi connectivity index (χ0n) is 12.8. The van der Waals surface area contributed by atoms with Crippen LogP contribution in [-0.4, -0.2) is 40.6 Å². The van der Waals surface area contributed by atoms with Gasteiger partial charge in [-0.3, -0.25) is 10.7 Å². The summed E-state index contributed by atoms with van der Waals surface area (Å²) in [6.07, 6.45) is -5.83. The van der Waals surface area contributed by atoms with Gasteiger partial charge in [-0.2, -0.15) is 13.2 Å². The van der Waals surface area contributed by atoms with Crippen LogP contribution in [0.5, 0.6) is 0 Å². The lowest BCUT2D eigenvalue weighted by Crippen LogP contribution is -2.26. The number of amides is 1. The van der Waals surface area contributed by atoms with Crippen molar-refractivity contribution in [3.05, 3.63) is 24.3 Å². The van der Waals surface area contributed by atoms with E-state index in [4.69, 9.17) is 10.1 Å². The average Bonchev–Trinajstić information content (AvgIpc) is 2.80. The quantitative estimate of drug-likeness (QED) is 0.660. The van der Waals surface area contributed by atoms with Crippen LogP contribution in [0.2, 0.25) is 0 Å². The van der Waals surface area contributed by atoms with Crippen LogP contribution in [0.4, 0.5) is 23.9 Å². The third-order valence-electron chi connectivity index (χ3n) is 2.69. The van der Waals surface area contributed by atoms with Gasteiger partial charge in [0, 0.05) is 0 Å². The zero-order chi connectivity index (χ0) is 17.9. The maximum atomic E-state index is 12.3. The largest absolute Gasteiger partial charge is 0.455 e. The molecule has 2 aromatic rings. The Morgan fingerprint density at radius 3 is 2.67 bits per heavy atom. The summed E-state index contributed by atoms with van der Waals surface area (Å²) >= 11 is 0. The minimum absolute atomic E-state index is 0.172. The summed E-state index contributed by atoms with van der Waals surface area (Å²) in [5.74, 6) is -0.172. The number of fused-ring (bicyclic) bond motifs is 1. The lowest BCUT2D eigenvalue weighted by Gasteiger charge is -2.14. The molecule has 0 aliphatic rings. The first-order valence-corrected chi connectivity index (χ1v) is 6.91. The second-order valence-corrected chi connectivity index (χ2v) is 5.05. The number of para-hydroxylation sites is 2. The van der Waals surface area contributed by atoms with Crippen molar-refractivity contribution >= 4 is 29.1 Å². The normalized spacial score (nSPS) is 11.6. The van der Waals surface area contributed by atoms with Gasteiger partial charge in [-0.1, -0.05) is 12.1 Å². The molecule has 24 heavy (non-hydrogen) atoms. The molecule has 1 aromatic carbocycles. The monoisotopic (exact) mass is 344 g/mol. The molecule has 1 amide bonds. The summed E-state index contributed by atoms with van der Waals surface area (Å²) in [5, 5.41) is 10.0. The number of aromatic nitrogens is 2. The maximum Gasteiger partial charge on any atom is 0.422 e. The lowest BCUT2D eigenvalue weighted by atomic mass is 10.3. The summed E-state index contributed by atoms with van der Waals surface area (Å²) in [6, 6.07) is 5.58. The van der Waals surface area contributed by atoms with E-state index in [-0.39, 0.29) is 5.95 Å². The Labute approximate surface area is 134 Å². The molecule has 130 valence electrons. The van der Waals surface area contributed by atoms with Crippen molar-refractivity contribution in [1.29, 1.82) is 5.41 Å². The Hall–Kier alpha value is -2.78. The van der Waals surface area contributed by atoms with Gasteiger partial charge >= 0.3 is 12.3 Å². The molecule has 0 fully saturated rings. The number of halogens is 3. The van der Waals surface area contributed by atoms with Gasteiger partial charge < -0.3 is 9.47 Å². The average molecular weight is 344 g/mol. The van der Waals surface area contributed by atoms with Crippen molar-refractivity contribution in [2.75, 3.05) is 11.9 Å². The van der Waals surface area contributed by atoms with Gasteiger partial charge in [0.1, 0.15) is 0 Å². The number of carbonyl (C=O) groups is 1. The molecule has 2 rings (SSSR count). The third kappa shape index (κ3) is 4.37. The van der Waals surface area contributed by atoms with Crippen LogP contribution in [0.15, 0.2) is 24.3 Å². The Bertz CT molecular complexity index is 755. The second-order valence-electron chi connectivity index (χ2n) is 5.05. The number of nitrogens with one attached hydrogen (secondary N) is 2. The summed E-state index contributed by atoms with van der Waals surface area (Å²) in [4.78, 5) is 15.8. The Balaban J connectivity index is 2.33. The molecule has 0 bridgehead atoms. The molecule has 0 radical (unpaired) electrons. The number of ether oxygens (including phenoxy) is 2. The van der Waals surface area contributed by atoms with Crippen LogP contribution in [-0.2, 0) is 9.47 Å². The molecule has 7 nitrogen and oxygen atoms in total. The van der Waals surface area contributed by atoms with Crippen LogP contribution in [0.3, 0.4) is 0 Å². The lowest BCUT2D eigenvalue weighted by molar-refractivity contribution is -0.156. The van der Waals surface area contributed by atoms with Crippen LogP contribution in [0.1, 0.15) is 13.8 Å². The number of imidazole rings is 1. The molecule has 2 N–H and O–H groups in total. The first-order chi connectivity index (χ1) is 11.2. The zero-order valence-corrected chi connectivity index (χ0v) is 12.8. The fourth-order valence-electron chi connectivity index (χ4n) is 1.86. The molecule has 0 aliphatic heterocycles. The van der Waals surface area contributed by atoms with Crippen molar-refractivity contribution in [2.45, 2.75) is 26.1 Å². The van der Waals surface area contributed by atoms with Crippen molar-refractivity contribution in [2.24, 2.45) is 0 Å². The standard InChI is InChI=1S/C14H15F3N4O3/c1-8(2)24-13(22)20-12-19-9-5-3-4-6-10(9)21(12)11(18)23-7-14(15,16)17/h3-6,8,18H,7H2,1-2H3,(H,19,20,22). The van der Waals surface area contributed by atoms with Gasteiger partial charge in [-0.15, -0.1) is 0 Å². The van der Waals surface area contributed by atoms with Crippen LogP contribution in [0, 0.1) is 5.41 Å². The van der Waals surface area contributed by atoms with Gasteiger partial charge in [0.25, 0.3) is 6.02 Å². The van der Waals surface area contributed by atoms with E-state index in [0.29, 0.717) is 11.0 Å². The Kier molecular flexibility index (Phi) is 4.96. The summed E-state index contributed by atoms with van der Waals surface area (Å²) in [7, 11) is 0. The second kappa shape index (κ2) is 6.77. The predicted octanol–water partition coefficient (Wildman–Crippen LogP) is 3.35. The fourth-order valence-corrected chi connectivity index (χ4v) is 1.86. The number of carbonyl (C=O) groups excluding carboxylic acids is 1. The topological polar surface area (TPSA) is 89.2 Å². The number of anilines is 1. The van der Waals surface area contributed by atoms with Crippen LogP contribution >= 0.6 is 0 Å². The molecule has 1 heterocycles. The maximum absolute atomic E-state index is 12.3. The van der Waals surface area contributed by atoms with Gasteiger partial charge in [-0.05, 0) is 26.0 Å². The minimum Gasteiger partial charge on any atom is -0.455 e. The molecular weight excluding hydrogens is 329 g/mol. The summed E-state index contributed by atoms with van der Waals surface area (Å²) in [6.45, 7) is 1.64. The number of rotatable bonds is 3.